The second-order valence-electron chi connectivity index (χ2n) is 8.59. The molecule has 1 aromatic heterocycles. The van der Waals surface area contributed by atoms with Gasteiger partial charge in [0, 0.05) is 11.1 Å². The van der Waals surface area contributed by atoms with Crippen LogP contribution in [0.2, 0.25) is 0 Å². The van der Waals surface area contributed by atoms with E-state index in [1.807, 2.05) is 24.3 Å². The van der Waals surface area contributed by atoms with Crippen LogP contribution in [0, 0.1) is 0 Å². The van der Waals surface area contributed by atoms with E-state index in [1.54, 1.807) is 17.9 Å². The quantitative estimate of drug-likeness (QED) is 0.257. The Labute approximate surface area is 207 Å². The minimum absolute atomic E-state index is 0.00483. The van der Waals surface area contributed by atoms with Crippen molar-refractivity contribution in [1.82, 2.24) is 14.8 Å². The molecule has 0 radical (unpaired) electrons. The molecule has 8 heteroatoms. The maximum Gasteiger partial charge on any atom is 0.228 e. The van der Waals surface area contributed by atoms with E-state index in [-0.39, 0.29) is 23.1 Å². The Morgan fingerprint density at radius 2 is 1.40 bits per heavy atom. The molecule has 0 bridgehead atoms. The largest absolute Gasteiger partial charge is 0.494 e. The van der Waals surface area contributed by atoms with E-state index in [2.05, 4.69) is 10.1 Å². The smallest absolute Gasteiger partial charge is 0.228 e. The molecule has 35 heavy (non-hydrogen) atoms. The fourth-order valence-corrected chi connectivity index (χ4v) is 4.18. The maximum absolute atomic E-state index is 12.6. The number of Topliss-reactive ketones (excluding diaryl/α,β-unsaturated/α-hetero) is 2. The molecule has 0 fully saturated rings. The summed E-state index contributed by atoms with van der Waals surface area (Å²) in [5.41, 5.74) is 1.99. The molecule has 0 saturated heterocycles. The molecule has 8 nitrogen and oxygen atoms in total. The second kappa shape index (κ2) is 13.5. The average molecular weight is 482 g/mol. The number of ketones is 2. The maximum atomic E-state index is 12.6. The lowest BCUT2D eigenvalue weighted by atomic mass is 9.89. The van der Waals surface area contributed by atoms with Gasteiger partial charge in [-0.1, -0.05) is 38.5 Å². The van der Waals surface area contributed by atoms with E-state index in [0.717, 1.165) is 43.5 Å². The van der Waals surface area contributed by atoms with Crippen molar-refractivity contribution >= 4 is 11.6 Å². The number of ether oxygens (including phenoxy) is 3. The van der Waals surface area contributed by atoms with Gasteiger partial charge in [0.05, 0.1) is 26.5 Å². The molecule has 0 amide bonds. The summed E-state index contributed by atoms with van der Waals surface area (Å²) in [6.07, 6.45) is 12.6. The lowest BCUT2D eigenvalue weighted by molar-refractivity contribution is -0.121. The zero-order valence-electron chi connectivity index (χ0n) is 20.9. The van der Waals surface area contributed by atoms with Crippen LogP contribution in [0.1, 0.15) is 64.7 Å². The van der Waals surface area contributed by atoms with Gasteiger partial charge in [-0.05, 0) is 50.5 Å². The predicted octanol–water partition coefficient (Wildman–Crippen LogP) is 5.13. The third-order valence-corrected chi connectivity index (χ3v) is 6.20. The summed E-state index contributed by atoms with van der Waals surface area (Å²) >= 11 is 0. The molecule has 0 aliphatic heterocycles. The van der Waals surface area contributed by atoms with E-state index in [4.69, 9.17) is 14.2 Å². The summed E-state index contributed by atoms with van der Waals surface area (Å²) < 4.78 is 17.8. The standard InChI is InChI=1S/C27H35N3O5/c1-20-23(25(32)27(34-3)26(33-2)24(20)31)12-10-8-6-4-5-7-9-11-17-35-22-15-13-21(14-16-22)30-19-28-18-29-30/h13-16,18-19H,4-12,17H2,1-3H3. The van der Waals surface area contributed by atoms with Gasteiger partial charge in [-0.2, -0.15) is 5.10 Å². The van der Waals surface area contributed by atoms with Crippen molar-refractivity contribution in [2.75, 3.05) is 20.8 Å². The summed E-state index contributed by atoms with van der Waals surface area (Å²) in [4.78, 5) is 29.0. The summed E-state index contributed by atoms with van der Waals surface area (Å²) in [5, 5.41) is 4.11. The lowest BCUT2D eigenvalue weighted by Crippen LogP contribution is -2.25. The summed E-state index contributed by atoms with van der Waals surface area (Å²) in [6.45, 7) is 2.41. The number of nitrogens with zero attached hydrogens (tertiary/aromatic N) is 3. The first-order chi connectivity index (χ1) is 17.1. The highest BCUT2D eigenvalue weighted by Crippen LogP contribution is 2.28. The van der Waals surface area contributed by atoms with Crippen LogP contribution in [0.4, 0.5) is 0 Å². The number of benzene rings is 1. The minimum atomic E-state index is -0.258. The van der Waals surface area contributed by atoms with Crippen molar-refractivity contribution in [2.45, 2.75) is 64.7 Å². The normalized spacial score (nSPS) is 14.0. The Morgan fingerprint density at radius 1 is 0.800 bits per heavy atom. The molecule has 0 saturated carbocycles. The Hall–Kier alpha value is -3.42. The Morgan fingerprint density at radius 3 is 2.00 bits per heavy atom. The third kappa shape index (κ3) is 7.04. The summed E-state index contributed by atoms with van der Waals surface area (Å²) in [5.74, 6) is 0.404. The molecule has 3 rings (SSSR count). The molecule has 188 valence electrons. The van der Waals surface area contributed by atoms with E-state index in [0.29, 0.717) is 24.2 Å². The van der Waals surface area contributed by atoms with Crippen LogP contribution in [0.5, 0.6) is 5.75 Å². The van der Waals surface area contributed by atoms with Gasteiger partial charge in [0.2, 0.25) is 23.1 Å². The van der Waals surface area contributed by atoms with Gasteiger partial charge in [0.1, 0.15) is 18.4 Å². The fraction of sp³-hybridized carbons (Fsp3) is 0.481. The highest BCUT2D eigenvalue weighted by atomic mass is 16.5. The van der Waals surface area contributed by atoms with E-state index >= 15 is 0 Å². The van der Waals surface area contributed by atoms with Crippen LogP contribution < -0.4 is 4.74 Å². The molecule has 0 unspecified atom stereocenters. The molecule has 0 N–H and O–H groups in total. The fourth-order valence-electron chi connectivity index (χ4n) is 4.18. The van der Waals surface area contributed by atoms with Crippen LogP contribution >= 0.6 is 0 Å². The van der Waals surface area contributed by atoms with Crippen molar-refractivity contribution in [3.05, 3.63) is 59.6 Å². The van der Waals surface area contributed by atoms with Gasteiger partial charge >= 0.3 is 0 Å². The van der Waals surface area contributed by atoms with Gasteiger partial charge in [-0.25, -0.2) is 9.67 Å². The van der Waals surface area contributed by atoms with Gasteiger partial charge in [0.15, 0.2) is 0 Å². The number of rotatable bonds is 15. The Kier molecular flexibility index (Phi) is 10.1. The van der Waals surface area contributed by atoms with Crippen LogP contribution in [0.25, 0.3) is 5.69 Å². The number of methoxy groups -OCH3 is 2. The molecule has 1 aliphatic carbocycles. The highest BCUT2D eigenvalue weighted by Gasteiger charge is 2.34. The molecule has 1 aromatic carbocycles. The van der Waals surface area contributed by atoms with Crippen LogP contribution in [-0.2, 0) is 19.1 Å². The molecule has 2 aromatic rings. The average Bonchev–Trinajstić information content (AvgIpc) is 3.41. The van der Waals surface area contributed by atoms with Crippen LogP contribution in [-0.4, -0.2) is 47.2 Å². The first-order valence-electron chi connectivity index (χ1n) is 12.3. The zero-order chi connectivity index (χ0) is 25.0. The van der Waals surface area contributed by atoms with Crippen molar-refractivity contribution < 1.29 is 23.8 Å². The van der Waals surface area contributed by atoms with Gasteiger partial charge < -0.3 is 14.2 Å². The van der Waals surface area contributed by atoms with Crippen LogP contribution in [0.3, 0.4) is 0 Å². The monoisotopic (exact) mass is 481 g/mol. The van der Waals surface area contributed by atoms with Crippen LogP contribution in [0.15, 0.2) is 59.6 Å². The van der Waals surface area contributed by atoms with Crippen molar-refractivity contribution in [2.24, 2.45) is 0 Å². The highest BCUT2D eigenvalue weighted by molar-refractivity contribution is 6.23. The molecule has 0 atom stereocenters. The zero-order valence-corrected chi connectivity index (χ0v) is 20.9. The number of aromatic nitrogens is 3. The topological polar surface area (TPSA) is 92.5 Å². The first kappa shape index (κ1) is 26.2. The number of hydrogen-bond acceptors (Lipinski definition) is 7. The van der Waals surface area contributed by atoms with Gasteiger partial charge in [-0.15, -0.1) is 0 Å². The van der Waals surface area contributed by atoms with Crippen molar-refractivity contribution in [3.8, 4) is 11.4 Å². The SMILES string of the molecule is COC1=C(OC)C(=O)C(CCCCCCCCCCOc2ccc(-n3cncn3)cc2)=C(C)C1=O. The van der Waals surface area contributed by atoms with E-state index in [9.17, 15) is 9.59 Å². The number of hydrogen-bond donors (Lipinski definition) is 0. The summed E-state index contributed by atoms with van der Waals surface area (Å²) in [6, 6.07) is 7.84. The number of carbonyl (C=O) groups is 2. The van der Waals surface area contributed by atoms with Gasteiger partial charge in [0.25, 0.3) is 0 Å². The molecular formula is C27H35N3O5. The van der Waals surface area contributed by atoms with E-state index < -0.39 is 0 Å². The number of carbonyl (C=O) groups excluding carboxylic acids is 2. The molecule has 0 spiro atoms. The van der Waals surface area contributed by atoms with Gasteiger partial charge in [-0.3, -0.25) is 9.59 Å². The van der Waals surface area contributed by atoms with E-state index in [1.165, 1.54) is 39.8 Å². The Bertz CT molecular complexity index is 1040. The Balaban J connectivity index is 1.23. The molecule has 1 aliphatic rings. The summed E-state index contributed by atoms with van der Waals surface area (Å²) in [7, 11) is 2.77. The third-order valence-electron chi connectivity index (χ3n) is 6.20. The second-order valence-corrected chi connectivity index (χ2v) is 8.59. The first-order valence-corrected chi connectivity index (χ1v) is 12.3. The van der Waals surface area contributed by atoms with Crippen molar-refractivity contribution in [1.29, 1.82) is 0 Å². The van der Waals surface area contributed by atoms with Crippen molar-refractivity contribution in [3.63, 3.8) is 0 Å². The molecular weight excluding hydrogens is 446 g/mol. The molecule has 1 heterocycles. The predicted molar refractivity (Wildman–Crippen MR) is 132 cm³/mol. The minimum Gasteiger partial charge on any atom is -0.494 e. The number of allylic oxidation sites excluding steroid dienone is 2. The number of unbranched alkanes of at least 4 members (excludes halogenated alkanes) is 7. The lowest BCUT2D eigenvalue weighted by Gasteiger charge is -2.20.